The van der Waals surface area contributed by atoms with Crippen molar-refractivity contribution in [2.75, 3.05) is 6.61 Å². The van der Waals surface area contributed by atoms with Crippen molar-refractivity contribution >= 4 is 29.4 Å². The monoisotopic (exact) mass is 636 g/mol. The van der Waals surface area contributed by atoms with E-state index < -0.39 is 41.9 Å². The highest BCUT2D eigenvalue weighted by Gasteiger charge is 2.32. The molecule has 0 bridgehead atoms. The predicted molar refractivity (Wildman–Crippen MR) is 183 cm³/mol. The first-order valence-electron chi connectivity index (χ1n) is 15.9. The third-order valence-corrected chi connectivity index (χ3v) is 8.35. The molecule has 0 radical (unpaired) electrons. The number of rotatable bonds is 14. The van der Waals surface area contributed by atoms with Gasteiger partial charge >= 0.3 is 6.09 Å². The van der Waals surface area contributed by atoms with Crippen molar-refractivity contribution in [2.45, 2.75) is 64.6 Å². The summed E-state index contributed by atoms with van der Waals surface area (Å²) < 4.78 is 5.75. The number of carbonyl (C=O) groups is 4. The van der Waals surface area contributed by atoms with Gasteiger partial charge in [-0.15, -0.1) is 0 Å². The first-order valence-corrected chi connectivity index (χ1v) is 15.9. The van der Waals surface area contributed by atoms with Gasteiger partial charge in [-0.1, -0.05) is 111 Å². The van der Waals surface area contributed by atoms with E-state index in [4.69, 9.17) is 10.5 Å². The van der Waals surface area contributed by atoms with Crippen molar-refractivity contribution in [1.29, 1.82) is 0 Å². The van der Waals surface area contributed by atoms with Gasteiger partial charge < -0.3 is 26.4 Å². The number of nitrogens with one attached hydrogen (secondary N) is 3. The summed E-state index contributed by atoms with van der Waals surface area (Å²) in [5, 5.41) is 8.27. The summed E-state index contributed by atoms with van der Waals surface area (Å²) in [4.78, 5) is 52.7. The molecule has 4 unspecified atom stereocenters. The standard InChI is InChI=1S/C38H44N4O5/c1-5-14-28-25(4)29-19-12-13-20-30(29)31(28)23-47-38(46)41-33(22-27-17-10-7-11-18-27)36(44)40-32(21-26-15-8-6-9-16-26)37(45)42-34(24(2)3)35(39)43/h5-20,24,31-34H,21-23H2,1-4H3,(H2,39,43)(H,40,44)(H,41,46)(H,42,45)/b14-5-. The quantitative estimate of drug-likeness (QED) is 0.201. The van der Waals surface area contributed by atoms with E-state index in [9.17, 15) is 19.2 Å². The summed E-state index contributed by atoms with van der Waals surface area (Å²) in [5.74, 6) is -2.20. The maximum atomic E-state index is 13.9. The number of allylic oxidation sites excluding steroid dienone is 3. The Hall–Kier alpha value is -5.18. The first-order chi connectivity index (χ1) is 22.6. The van der Waals surface area contributed by atoms with Gasteiger partial charge in [0.25, 0.3) is 0 Å². The second-order valence-corrected chi connectivity index (χ2v) is 12.1. The summed E-state index contributed by atoms with van der Waals surface area (Å²) in [7, 11) is 0. The summed E-state index contributed by atoms with van der Waals surface area (Å²) in [6, 6.07) is 23.5. The van der Waals surface area contributed by atoms with Crippen LogP contribution >= 0.6 is 0 Å². The number of amides is 4. The predicted octanol–water partition coefficient (Wildman–Crippen LogP) is 4.82. The number of alkyl carbamates (subject to hydrolysis) is 1. The Morgan fingerprint density at radius 2 is 1.32 bits per heavy atom. The van der Waals surface area contributed by atoms with Gasteiger partial charge in [0, 0.05) is 18.8 Å². The van der Waals surface area contributed by atoms with Gasteiger partial charge in [0.2, 0.25) is 17.7 Å². The zero-order valence-electron chi connectivity index (χ0n) is 27.4. The molecule has 1 aliphatic rings. The van der Waals surface area contributed by atoms with E-state index in [0.29, 0.717) is 0 Å². The van der Waals surface area contributed by atoms with E-state index in [0.717, 1.165) is 33.4 Å². The van der Waals surface area contributed by atoms with Crippen LogP contribution in [0, 0.1) is 5.92 Å². The van der Waals surface area contributed by atoms with E-state index in [1.165, 1.54) is 0 Å². The Morgan fingerprint density at radius 1 is 0.787 bits per heavy atom. The molecule has 4 amide bonds. The lowest BCUT2D eigenvalue weighted by molar-refractivity contribution is -0.132. The maximum Gasteiger partial charge on any atom is 0.407 e. The molecule has 4 atom stereocenters. The van der Waals surface area contributed by atoms with Crippen LogP contribution in [0.4, 0.5) is 4.79 Å². The minimum absolute atomic E-state index is 0.0856. The third-order valence-electron chi connectivity index (χ3n) is 8.35. The van der Waals surface area contributed by atoms with E-state index in [1.807, 2.05) is 97.9 Å². The second-order valence-electron chi connectivity index (χ2n) is 12.1. The van der Waals surface area contributed by atoms with Gasteiger partial charge in [-0.25, -0.2) is 4.79 Å². The lowest BCUT2D eigenvalue weighted by atomic mass is 9.96. The highest BCUT2D eigenvalue weighted by molar-refractivity contribution is 5.94. The molecule has 3 aromatic carbocycles. The van der Waals surface area contributed by atoms with E-state index in [2.05, 4.69) is 28.9 Å². The Morgan fingerprint density at radius 3 is 1.87 bits per heavy atom. The molecule has 0 aliphatic heterocycles. The molecule has 4 rings (SSSR count). The van der Waals surface area contributed by atoms with Crippen molar-refractivity contribution in [3.8, 4) is 0 Å². The van der Waals surface area contributed by atoms with Crippen molar-refractivity contribution in [3.63, 3.8) is 0 Å². The Labute approximate surface area is 276 Å². The molecular weight excluding hydrogens is 592 g/mol. The van der Waals surface area contributed by atoms with Crippen LogP contribution in [0.3, 0.4) is 0 Å². The van der Waals surface area contributed by atoms with E-state index in [1.54, 1.807) is 13.8 Å². The molecule has 0 heterocycles. The molecule has 0 aromatic heterocycles. The fraction of sp³-hybridized carbons (Fsp3) is 0.316. The molecular formula is C38H44N4O5. The summed E-state index contributed by atoms with van der Waals surface area (Å²) in [5.41, 5.74) is 11.6. The topological polar surface area (TPSA) is 140 Å². The molecule has 1 aliphatic carbocycles. The molecule has 0 saturated heterocycles. The minimum atomic E-state index is -1.06. The van der Waals surface area contributed by atoms with Crippen LogP contribution in [0.2, 0.25) is 0 Å². The SMILES string of the molecule is C/C=C\C1=C(C)c2ccccc2C1COC(=O)NC(Cc1ccccc1)C(=O)NC(Cc1ccccc1)C(=O)NC(C(N)=O)C(C)C. The summed E-state index contributed by atoms with van der Waals surface area (Å²) in [6.07, 6.45) is 3.57. The molecule has 0 saturated carbocycles. The number of hydrogen-bond acceptors (Lipinski definition) is 5. The number of ether oxygens (including phenoxy) is 1. The second kappa shape index (κ2) is 16.4. The van der Waals surface area contributed by atoms with Crippen molar-refractivity contribution in [3.05, 3.63) is 125 Å². The fourth-order valence-electron chi connectivity index (χ4n) is 5.88. The normalized spacial score (nSPS) is 15.9. The lowest BCUT2D eigenvalue weighted by Gasteiger charge is -2.26. The van der Waals surface area contributed by atoms with Gasteiger partial charge in [-0.3, -0.25) is 14.4 Å². The van der Waals surface area contributed by atoms with Crippen molar-refractivity contribution < 1.29 is 23.9 Å². The number of benzene rings is 3. The molecule has 246 valence electrons. The third kappa shape index (κ3) is 9.19. The minimum Gasteiger partial charge on any atom is -0.449 e. The van der Waals surface area contributed by atoms with Gasteiger partial charge in [-0.2, -0.15) is 0 Å². The number of primary amides is 1. The maximum absolute atomic E-state index is 13.9. The van der Waals surface area contributed by atoms with E-state index >= 15 is 0 Å². The van der Waals surface area contributed by atoms with Crippen molar-refractivity contribution in [1.82, 2.24) is 16.0 Å². The molecule has 47 heavy (non-hydrogen) atoms. The van der Waals surface area contributed by atoms with Crippen molar-refractivity contribution in [2.24, 2.45) is 11.7 Å². The average molecular weight is 637 g/mol. The molecule has 0 spiro atoms. The van der Waals surface area contributed by atoms with Crippen LogP contribution in [0.15, 0.2) is 103 Å². The highest BCUT2D eigenvalue weighted by Crippen LogP contribution is 2.42. The zero-order chi connectivity index (χ0) is 33.9. The summed E-state index contributed by atoms with van der Waals surface area (Å²) in [6.45, 7) is 7.64. The molecule has 0 fully saturated rings. The van der Waals surface area contributed by atoms with Gasteiger partial charge in [0.05, 0.1) is 0 Å². The molecule has 9 nitrogen and oxygen atoms in total. The first kappa shape index (κ1) is 34.7. The van der Waals surface area contributed by atoms with Crippen LogP contribution < -0.4 is 21.7 Å². The van der Waals surface area contributed by atoms with Gasteiger partial charge in [-0.05, 0) is 53.2 Å². The largest absolute Gasteiger partial charge is 0.449 e. The fourth-order valence-corrected chi connectivity index (χ4v) is 5.88. The zero-order valence-corrected chi connectivity index (χ0v) is 27.4. The lowest BCUT2D eigenvalue weighted by Crippen LogP contribution is -2.58. The van der Waals surface area contributed by atoms with Crippen LogP contribution in [0.25, 0.3) is 5.57 Å². The molecule has 5 N–H and O–H groups in total. The van der Waals surface area contributed by atoms with Gasteiger partial charge in [0.1, 0.15) is 24.7 Å². The molecule has 3 aromatic rings. The van der Waals surface area contributed by atoms with Crippen LogP contribution in [-0.2, 0) is 32.0 Å². The van der Waals surface area contributed by atoms with Crippen LogP contribution in [0.5, 0.6) is 0 Å². The Balaban J connectivity index is 1.53. The number of fused-ring (bicyclic) bond motifs is 1. The average Bonchev–Trinajstić information content (AvgIpc) is 3.32. The number of nitrogens with two attached hydrogens (primary N) is 1. The Kier molecular flexibility index (Phi) is 12.1. The van der Waals surface area contributed by atoms with Crippen LogP contribution in [-0.4, -0.2) is 48.5 Å². The number of hydrogen-bond donors (Lipinski definition) is 4. The molecule has 9 heteroatoms. The van der Waals surface area contributed by atoms with Crippen LogP contribution in [0.1, 0.15) is 55.9 Å². The number of carbonyl (C=O) groups excluding carboxylic acids is 4. The van der Waals surface area contributed by atoms with E-state index in [-0.39, 0.29) is 31.3 Å². The Bertz CT molecular complexity index is 1620. The highest BCUT2D eigenvalue weighted by atomic mass is 16.5. The van der Waals surface area contributed by atoms with Gasteiger partial charge in [0.15, 0.2) is 0 Å². The smallest absolute Gasteiger partial charge is 0.407 e. The summed E-state index contributed by atoms with van der Waals surface area (Å²) >= 11 is 0.